The normalized spacial score (nSPS) is 13.4. The van der Waals surface area contributed by atoms with Crippen LogP contribution in [0.4, 0.5) is 10.2 Å². The Hall–Kier alpha value is -4.98. The summed E-state index contributed by atoms with van der Waals surface area (Å²) in [6.45, 7) is 1.11. The van der Waals surface area contributed by atoms with E-state index in [1.165, 1.54) is 40.0 Å². The van der Waals surface area contributed by atoms with Gasteiger partial charge < -0.3 is 20.1 Å². The number of amides is 3. The number of rotatable bonds is 4. The van der Waals surface area contributed by atoms with E-state index in [9.17, 15) is 24.0 Å². The number of fused-ring (bicyclic) bond motifs is 1. The van der Waals surface area contributed by atoms with Crippen LogP contribution in [0.15, 0.2) is 60.9 Å². The first-order chi connectivity index (χ1) is 17.9. The third-order valence-electron chi connectivity index (χ3n) is 6.31. The Bertz CT molecular complexity index is 1540. The van der Waals surface area contributed by atoms with E-state index < -0.39 is 17.6 Å². The molecule has 1 fully saturated rings. The molecule has 11 heteroatoms. The fraction of sp³-hybridized carbons (Fsp3) is 0.192. The molecule has 1 saturated heterocycles. The average molecular weight is 500 g/mol. The first-order valence-electron chi connectivity index (χ1n) is 11.6. The molecule has 0 aliphatic carbocycles. The molecule has 2 aromatic heterocycles. The van der Waals surface area contributed by atoms with Gasteiger partial charge in [-0.1, -0.05) is 24.3 Å². The Morgan fingerprint density at radius 2 is 1.78 bits per heavy atom. The zero-order valence-corrected chi connectivity index (χ0v) is 19.6. The highest BCUT2D eigenvalue weighted by Gasteiger charge is 2.28. The summed E-state index contributed by atoms with van der Waals surface area (Å²) in [5, 5.41) is 16.8. The lowest BCUT2D eigenvalue weighted by Crippen LogP contribution is -2.53. The summed E-state index contributed by atoms with van der Waals surface area (Å²) in [5.74, 6) is -2.25. The number of H-pyrrole nitrogens is 1. The van der Waals surface area contributed by atoms with Crippen molar-refractivity contribution in [2.24, 2.45) is 0 Å². The number of para-hydroxylation sites is 1. The van der Waals surface area contributed by atoms with Crippen molar-refractivity contribution in [3.63, 3.8) is 0 Å². The number of nitrogens with zero attached hydrogens (tertiary/aromatic N) is 5. The number of hydrogen-bond acceptors (Lipinski definition) is 5. The van der Waals surface area contributed by atoms with E-state index in [0.717, 1.165) is 16.5 Å². The molecular weight excluding hydrogens is 477 g/mol. The quantitative estimate of drug-likeness (QED) is 0.416. The van der Waals surface area contributed by atoms with Crippen LogP contribution in [0.2, 0.25) is 0 Å². The molecule has 0 radical (unpaired) electrons. The highest BCUT2D eigenvalue weighted by atomic mass is 19.1. The lowest BCUT2D eigenvalue weighted by molar-refractivity contribution is -0.146. The highest BCUT2D eigenvalue weighted by molar-refractivity contribution is 6.39. The summed E-state index contributed by atoms with van der Waals surface area (Å²) in [7, 11) is 0. The Balaban J connectivity index is 1.16. The van der Waals surface area contributed by atoms with Gasteiger partial charge in [0.15, 0.2) is 5.82 Å². The van der Waals surface area contributed by atoms with Crippen molar-refractivity contribution in [2.45, 2.75) is 6.42 Å². The van der Waals surface area contributed by atoms with E-state index in [-0.39, 0.29) is 42.5 Å². The topological polar surface area (TPSA) is 127 Å². The van der Waals surface area contributed by atoms with Gasteiger partial charge in [-0.15, -0.1) is 5.10 Å². The second-order valence-electron chi connectivity index (χ2n) is 8.55. The summed E-state index contributed by atoms with van der Waals surface area (Å²) in [4.78, 5) is 44.3. The molecule has 5 rings (SSSR count). The number of nitrogens with one attached hydrogen (secondary N) is 2. The predicted octanol–water partition coefficient (Wildman–Crippen LogP) is 2.22. The van der Waals surface area contributed by atoms with Crippen molar-refractivity contribution in [1.29, 1.82) is 5.26 Å². The molecule has 2 N–H and O–H groups in total. The number of anilines is 1. The molecule has 10 nitrogen and oxygen atoms in total. The Morgan fingerprint density at radius 1 is 1.03 bits per heavy atom. The van der Waals surface area contributed by atoms with Crippen molar-refractivity contribution in [1.82, 2.24) is 24.6 Å². The van der Waals surface area contributed by atoms with Crippen molar-refractivity contribution in [3.8, 4) is 11.8 Å². The summed E-state index contributed by atoms with van der Waals surface area (Å²) < 4.78 is 15.1. The maximum atomic E-state index is 13.9. The summed E-state index contributed by atoms with van der Waals surface area (Å²) in [5.41, 5.74) is 1.91. The Labute approximate surface area is 210 Å². The van der Waals surface area contributed by atoms with Gasteiger partial charge in [-0.05, 0) is 23.8 Å². The highest BCUT2D eigenvalue weighted by Crippen LogP contribution is 2.20. The molecule has 0 spiro atoms. The predicted molar refractivity (Wildman–Crippen MR) is 132 cm³/mol. The molecule has 0 bridgehead atoms. The van der Waals surface area contributed by atoms with Crippen molar-refractivity contribution >= 4 is 34.4 Å². The van der Waals surface area contributed by atoms with Crippen LogP contribution in [-0.2, 0) is 20.8 Å². The maximum absolute atomic E-state index is 13.9. The number of carbonyl (C=O) groups excluding carboxylic acids is 3. The summed E-state index contributed by atoms with van der Waals surface area (Å²) >= 11 is 0. The number of halogens is 1. The second-order valence-corrected chi connectivity index (χ2v) is 8.55. The molecule has 0 atom stereocenters. The first kappa shape index (κ1) is 23.7. The first-order valence-corrected chi connectivity index (χ1v) is 11.6. The fourth-order valence-electron chi connectivity index (χ4n) is 4.36. The maximum Gasteiger partial charge on any atom is 0.315 e. The summed E-state index contributed by atoms with van der Waals surface area (Å²) in [6.07, 6.45) is 3.54. The zero-order chi connectivity index (χ0) is 25.9. The van der Waals surface area contributed by atoms with Crippen LogP contribution < -0.4 is 5.32 Å². The van der Waals surface area contributed by atoms with E-state index in [4.69, 9.17) is 0 Å². The minimum absolute atomic E-state index is 0.0408. The molecule has 0 saturated carbocycles. The van der Waals surface area contributed by atoms with Gasteiger partial charge in [-0.2, -0.15) is 5.26 Å². The number of nitriles is 1. The molecule has 37 heavy (non-hydrogen) atoms. The van der Waals surface area contributed by atoms with E-state index in [2.05, 4.69) is 15.4 Å². The Kier molecular flexibility index (Phi) is 6.38. The standard InChI is InChI=1S/C26H22FN7O3/c27-20-5-3-7-22(19(20)15-28)34-9-8-23(31-34)30-25(36)26(37)33-12-10-32(11-13-33)24(35)14-17-16-29-21-6-2-1-4-18(17)21/h1-9,16,29H,10-14H2,(H,30,31,36). The molecule has 1 aliphatic rings. The van der Waals surface area contributed by atoms with Gasteiger partial charge in [0.05, 0.1) is 12.1 Å². The van der Waals surface area contributed by atoms with Gasteiger partial charge in [0.25, 0.3) is 0 Å². The van der Waals surface area contributed by atoms with Crippen molar-refractivity contribution in [3.05, 3.63) is 77.9 Å². The minimum Gasteiger partial charge on any atom is -0.361 e. The van der Waals surface area contributed by atoms with Gasteiger partial charge >= 0.3 is 11.8 Å². The van der Waals surface area contributed by atoms with Crippen LogP contribution in [-0.4, -0.2) is 68.5 Å². The smallest absolute Gasteiger partial charge is 0.315 e. The number of carbonyl (C=O) groups is 3. The van der Waals surface area contributed by atoms with Crippen LogP contribution in [0.5, 0.6) is 0 Å². The van der Waals surface area contributed by atoms with Gasteiger partial charge in [0.1, 0.15) is 17.4 Å². The van der Waals surface area contributed by atoms with E-state index >= 15 is 0 Å². The third kappa shape index (κ3) is 4.77. The molecular formula is C26H22FN7O3. The zero-order valence-electron chi connectivity index (χ0n) is 19.6. The van der Waals surface area contributed by atoms with Crippen LogP contribution in [0.3, 0.4) is 0 Å². The molecule has 3 amide bonds. The van der Waals surface area contributed by atoms with E-state index in [0.29, 0.717) is 13.1 Å². The minimum atomic E-state index is -0.872. The average Bonchev–Trinajstić information content (AvgIpc) is 3.55. The molecule has 4 aromatic rings. The van der Waals surface area contributed by atoms with Crippen LogP contribution in [0, 0.1) is 17.1 Å². The van der Waals surface area contributed by atoms with Crippen LogP contribution in [0.1, 0.15) is 11.1 Å². The van der Waals surface area contributed by atoms with Gasteiger partial charge in [0.2, 0.25) is 5.91 Å². The molecule has 2 aromatic carbocycles. The van der Waals surface area contributed by atoms with Crippen LogP contribution >= 0.6 is 0 Å². The summed E-state index contributed by atoms with van der Waals surface area (Å²) in [6, 6.07) is 15.1. The fourth-order valence-corrected chi connectivity index (χ4v) is 4.36. The molecule has 1 aliphatic heterocycles. The van der Waals surface area contributed by atoms with Crippen molar-refractivity contribution < 1.29 is 18.8 Å². The third-order valence-corrected chi connectivity index (χ3v) is 6.31. The number of piperazine rings is 1. The van der Waals surface area contributed by atoms with E-state index in [1.807, 2.05) is 30.5 Å². The number of hydrogen-bond donors (Lipinski definition) is 2. The molecule has 186 valence electrons. The largest absolute Gasteiger partial charge is 0.361 e. The lowest BCUT2D eigenvalue weighted by atomic mass is 10.1. The van der Waals surface area contributed by atoms with Gasteiger partial charge in [0, 0.05) is 55.5 Å². The number of aromatic nitrogens is 3. The van der Waals surface area contributed by atoms with Crippen LogP contribution in [0.25, 0.3) is 16.6 Å². The van der Waals surface area contributed by atoms with E-state index in [1.54, 1.807) is 11.0 Å². The lowest BCUT2D eigenvalue weighted by Gasteiger charge is -2.34. The molecule has 3 heterocycles. The second kappa shape index (κ2) is 9.94. The van der Waals surface area contributed by atoms with Gasteiger partial charge in [-0.3, -0.25) is 14.4 Å². The number of benzene rings is 2. The molecule has 0 unspecified atom stereocenters. The monoisotopic (exact) mass is 499 g/mol. The SMILES string of the molecule is N#Cc1c(F)cccc1-n1ccc(NC(=O)C(=O)N2CCN(C(=O)Cc3c[nH]c4ccccc34)CC2)n1. The Morgan fingerprint density at radius 3 is 2.57 bits per heavy atom. The number of aromatic amines is 1. The van der Waals surface area contributed by atoms with Crippen molar-refractivity contribution in [2.75, 3.05) is 31.5 Å². The van der Waals surface area contributed by atoms with Gasteiger partial charge in [-0.25, -0.2) is 9.07 Å².